The van der Waals surface area contributed by atoms with E-state index in [0.717, 1.165) is 12.2 Å². The second kappa shape index (κ2) is 4.66. The van der Waals surface area contributed by atoms with E-state index in [1.165, 1.54) is 22.3 Å². The van der Waals surface area contributed by atoms with Gasteiger partial charge in [-0.15, -0.1) is 0 Å². The molecule has 1 aliphatic heterocycles. The van der Waals surface area contributed by atoms with Gasteiger partial charge in [0.15, 0.2) is 0 Å². The van der Waals surface area contributed by atoms with E-state index in [0.29, 0.717) is 5.92 Å². The molecule has 1 aliphatic carbocycles. The van der Waals surface area contributed by atoms with Crippen molar-refractivity contribution in [1.82, 2.24) is 0 Å². The second-order valence-corrected chi connectivity index (χ2v) is 6.41. The smallest absolute Gasteiger partial charge is 0.124 e. The lowest BCUT2D eigenvalue weighted by Crippen LogP contribution is -2.28. The highest BCUT2D eigenvalue weighted by molar-refractivity contribution is 5.50. The monoisotopic (exact) mass is 266 g/mol. The van der Waals surface area contributed by atoms with Crippen molar-refractivity contribution < 1.29 is 4.74 Å². The number of allylic oxidation sites excluding steroid dienone is 4. The molecular weight excluding hydrogens is 244 g/mol. The highest BCUT2D eigenvalue weighted by Crippen LogP contribution is 2.43. The molecule has 104 valence electrons. The summed E-state index contributed by atoms with van der Waals surface area (Å²) in [7, 11) is 0. The number of ether oxygens (including phenoxy) is 1. The summed E-state index contributed by atoms with van der Waals surface area (Å²) in [4.78, 5) is 0. The van der Waals surface area contributed by atoms with Crippen LogP contribution in [-0.4, -0.2) is 5.60 Å². The largest absolute Gasteiger partial charge is 0.483 e. The Morgan fingerprint density at radius 3 is 2.50 bits per heavy atom. The molecule has 2 aliphatic rings. The van der Waals surface area contributed by atoms with Crippen LogP contribution in [0.3, 0.4) is 0 Å². The average Bonchev–Trinajstić information content (AvgIpc) is 2.37. The van der Waals surface area contributed by atoms with Crippen LogP contribution in [0.1, 0.15) is 44.2 Å². The first-order valence-electron chi connectivity index (χ1n) is 7.32. The quantitative estimate of drug-likeness (QED) is 0.691. The Bertz CT molecular complexity index is 612. The van der Waals surface area contributed by atoms with Crippen molar-refractivity contribution in [1.29, 1.82) is 0 Å². The van der Waals surface area contributed by atoms with Gasteiger partial charge in [-0.05, 0) is 57.4 Å². The summed E-state index contributed by atoms with van der Waals surface area (Å²) in [5, 5.41) is 0. The third kappa shape index (κ3) is 2.33. The molecule has 0 bridgehead atoms. The van der Waals surface area contributed by atoms with Crippen LogP contribution >= 0.6 is 0 Å². The fourth-order valence-electron chi connectivity index (χ4n) is 3.26. The Balaban J connectivity index is 2.03. The van der Waals surface area contributed by atoms with Gasteiger partial charge >= 0.3 is 0 Å². The molecule has 0 N–H and O–H groups in total. The van der Waals surface area contributed by atoms with Crippen molar-refractivity contribution in [2.24, 2.45) is 0 Å². The molecule has 1 aromatic carbocycles. The summed E-state index contributed by atoms with van der Waals surface area (Å²) in [6.07, 6.45) is 7.67. The fraction of sp³-hybridized carbons (Fsp3) is 0.368. The van der Waals surface area contributed by atoms with E-state index in [1.807, 2.05) is 0 Å². The third-order valence-electron chi connectivity index (χ3n) is 4.10. The van der Waals surface area contributed by atoms with Crippen LogP contribution in [0.15, 0.2) is 59.4 Å². The molecule has 1 unspecified atom stereocenters. The van der Waals surface area contributed by atoms with E-state index in [-0.39, 0.29) is 5.60 Å². The number of rotatable bonds is 1. The first-order valence-corrected chi connectivity index (χ1v) is 7.32. The Kier molecular flexibility index (Phi) is 3.08. The van der Waals surface area contributed by atoms with Gasteiger partial charge in [-0.3, -0.25) is 0 Å². The molecule has 1 aromatic rings. The molecule has 0 saturated heterocycles. The van der Waals surface area contributed by atoms with Crippen molar-refractivity contribution in [3.8, 4) is 0 Å². The van der Waals surface area contributed by atoms with Gasteiger partial charge in [0.25, 0.3) is 0 Å². The van der Waals surface area contributed by atoms with E-state index in [2.05, 4.69) is 70.2 Å². The van der Waals surface area contributed by atoms with Gasteiger partial charge in [0.1, 0.15) is 11.4 Å². The lowest BCUT2D eigenvalue weighted by molar-refractivity contribution is 0.0777. The topological polar surface area (TPSA) is 9.23 Å². The molecule has 0 fully saturated rings. The molecule has 1 heteroatoms. The maximum absolute atomic E-state index is 6.14. The SMILES string of the molecule is CC1=CC(C)(C)OC2=C1C(c1ccc(C)cc1)CC=C2. The normalized spacial score (nSPS) is 24.0. The Morgan fingerprint density at radius 1 is 1.10 bits per heavy atom. The highest BCUT2D eigenvalue weighted by atomic mass is 16.5. The number of hydrogen-bond acceptors (Lipinski definition) is 1. The lowest BCUT2D eigenvalue weighted by Gasteiger charge is -2.36. The fourth-order valence-corrected chi connectivity index (χ4v) is 3.26. The average molecular weight is 266 g/mol. The second-order valence-electron chi connectivity index (χ2n) is 6.41. The molecule has 20 heavy (non-hydrogen) atoms. The first-order chi connectivity index (χ1) is 9.46. The Morgan fingerprint density at radius 2 is 1.80 bits per heavy atom. The zero-order chi connectivity index (χ0) is 14.3. The van der Waals surface area contributed by atoms with E-state index in [4.69, 9.17) is 4.74 Å². The number of benzene rings is 1. The molecule has 0 amide bonds. The molecular formula is C19H22O. The zero-order valence-corrected chi connectivity index (χ0v) is 12.7. The number of hydrogen-bond donors (Lipinski definition) is 0. The summed E-state index contributed by atoms with van der Waals surface area (Å²) < 4.78 is 6.14. The van der Waals surface area contributed by atoms with Gasteiger partial charge in [-0.1, -0.05) is 35.9 Å². The maximum Gasteiger partial charge on any atom is 0.124 e. The van der Waals surface area contributed by atoms with Gasteiger partial charge in [-0.25, -0.2) is 0 Å². The van der Waals surface area contributed by atoms with Gasteiger partial charge in [0.05, 0.1) is 0 Å². The van der Waals surface area contributed by atoms with E-state index in [1.54, 1.807) is 0 Å². The minimum Gasteiger partial charge on any atom is -0.483 e. The lowest BCUT2D eigenvalue weighted by atomic mass is 9.79. The van der Waals surface area contributed by atoms with Gasteiger partial charge in [0.2, 0.25) is 0 Å². The summed E-state index contributed by atoms with van der Waals surface area (Å²) in [6.45, 7) is 8.57. The molecule has 1 heterocycles. The van der Waals surface area contributed by atoms with Crippen molar-refractivity contribution in [2.75, 3.05) is 0 Å². The summed E-state index contributed by atoms with van der Waals surface area (Å²) in [5.74, 6) is 1.47. The van der Waals surface area contributed by atoms with Crippen molar-refractivity contribution in [3.63, 3.8) is 0 Å². The van der Waals surface area contributed by atoms with E-state index >= 15 is 0 Å². The molecule has 0 saturated carbocycles. The first kappa shape index (κ1) is 13.2. The van der Waals surface area contributed by atoms with Crippen LogP contribution in [-0.2, 0) is 4.74 Å². The predicted octanol–water partition coefficient (Wildman–Crippen LogP) is 5.05. The Labute approximate surface area is 121 Å². The van der Waals surface area contributed by atoms with Crippen LogP contribution in [0.4, 0.5) is 0 Å². The predicted molar refractivity (Wildman–Crippen MR) is 83.6 cm³/mol. The molecule has 1 nitrogen and oxygen atoms in total. The summed E-state index contributed by atoms with van der Waals surface area (Å²) >= 11 is 0. The minimum atomic E-state index is -0.206. The van der Waals surface area contributed by atoms with Gasteiger partial charge < -0.3 is 4.74 Å². The maximum atomic E-state index is 6.14. The molecule has 3 rings (SSSR count). The third-order valence-corrected chi connectivity index (χ3v) is 4.10. The van der Waals surface area contributed by atoms with E-state index in [9.17, 15) is 0 Å². The van der Waals surface area contributed by atoms with Crippen LogP contribution in [0.2, 0.25) is 0 Å². The molecule has 0 radical (unpaired) electrons. The highest BCUT2D eigenvalue weighted by Gasteiger charge is 2.31. The summed E-state index contributed by atoms with van der Waals surface area (Å²) in [5.41, 5.74) is 5.19. The van der Waals surface area contributed by atoms with Crippen LogP contribution in [0.5, 0.6) is 0 Å². The zero-order valence-electron chi connectivity index (χ0n) is 12.7. The van der Waals surface area contributed by atoms with Crippen LogP contribution < -0.4 is 0 Å². The van der Waals surface area contributed by atoms with Crippen molar-refractivity contribution in [2.45, 2.75) is 45.6 Å². The number of aryl methyl sites for hydroxylation is 1. The standard InChI is InChI=1S/C19H22O/c1-13-8-10-15(11-9-13)16-6-5-7-17-18(16)14(2)12-19(3,4)20-17/h5,7-12,16H,6H2,1-4H3. The van der Waals surface area contributed by atoms with E-state index < -0.39 is 0 Å². The molecule has 0 aromatic heterocycles. The van der Waals surface area contributed by atoms with Crippen LogP contribution in [0, 0.1) is 6.92 Å². The summed E-state index contributed by atoms with van der Waals surface area (Å²) in [6, 6.07) is 8.88. The molecule has 1 atom stereocenters. The molecule has 0 spiro atoms. The van der Waals surface area contributed by atoms with Crippen LogP contribution in [0.25, 0.3) is 0 Å². The van der Waals surface area contributed by atoms with Crippen molar-refractivity contribution >= 4 is 0 Å². The Hall–Kier alpha value is -1.76. The minimum absolute atomic E-state index is 0.206. The van der Waals surface area contributed by atoms with Gasteiger partial charge in [-0.2, -0.15) is 0 Å². The van der Waals surface area contributed by atoms with Gasteiger partial charge in [0, 0.05) is 11.5 Å². The van der Waals surface area contributed by atoms with Crippen molar-refractivity contribution in [3.05, 3.63) is 70.5 Å².